The van der Waals surface area contributed by atoms with Gasteiger partial charge in [-0.3, -0.25) is 14.5 Å². The molecule has 2 amide bonds. The minimum atomic E-state index is -0.0426. The van der Waals surface area contributed by atoms with Crippen LogP contribution in [0.5, 0.6) is 0 Å². The maximum absolute atomic E-state index is 12.3. The minimum Gasteiger partial charge on any atom is -0.351 e. The van der Waals surface area contributed by atoms with Crippen LogP contribution in [0.1, 0.15) is 49.4 Å². The first-order valence-corrected chi connectivity index (χ1v) is 9.08. The van der Waals surface area contributed by atoms with E-state index in [2.05, 4.69) is 17.1 Å². The molecule has 5 nitrogen and oxygen atoms in total. The first kappa shape index (κ1) is 17.0. The Labute approximate surface area is 144 Å². The van der Waals surface area contributed by atoms with E-state index >= 15 is 0 Å². The van der Waals surface area contributed by atoms with E-state index in [0.717, 1.165) is 31.7 Å². The molecule has 1 aromatic carbocycles. The van der Waals surface area contributed by atoms with Crippen LogP contribution in [0.2, 0.25) is 0 Å². The summed E-state index contributed by atoms with van der Waals surface area (Å²) in [5.41, 5.74) is 1.54. The Kier molecular flexibility index (Phi) is 5.51. The maximum atomic E-state index is 12.3. The van der Waals surface area contributed by atoms with Crippen LogP contribution in [0.4, 0.5) is 5.69 Å². The maximum Gasteiger partial charge on any atom is 0.251 e. The van der Waals surface area contributed by atoms with Gasteiger partial charge in [0.05, 0.1) is 0 Å². The molecule has 3 rings (SSSR count). The van der Waals surface area contributed by atoms with Crippen LogP contribution in [-0.4, -0.2) is 48.9 Å². The number of hydrogen-bond donors (Lipinski definition) is 1. The van der Waals surface area contributed by atoms with Gasteiger partial charge in [0.15, 0.2) is 0 Å². The topological polar surface area (TPSA) is 52.7 Å². The predicted octanol–water partition coefficient (Wildman–Crippen LogP) is 2.42. The molecular weight excluding hydrogens is 302 g/mol. The SMILES string of the molecule is C[C@@H]1CCCCN1CCNC(=O)c1ccc(N2CCCC2=O)cc1. The zero-order valence-electron chi connectivity index (χ0n) is 14.5. The summed E-state index contributed by atoms with van der Waals surface area (Å²) in [5.74, 6) is 0.127. The number of rotatable bonds is 5. The molecule has 2 aliphatic heterocycles. The summed E-state index contributed by atoms with van der Waals surface area (Å²) in [6.45, 7) is 5.76. The van der Waals surface area contributed by atoms with Gasteiger partial charge < -0.3 is 10.2 Å². The molecule has 0 radical (unpaired) electrons. The Morgan fingerprint density at radius 1 is 1.17 bits per heavy atom. The number of hydrogen-bond acceptors (Lipinski definition) is 3. The molecule has 2 aliphatic rings. The summed E-state index contributed by atoms with van der Waals surface area (Å²) < 4.78 is 0. The summed E-state index contributed by atoms with van der Waals surface area (Å²) in [6.07, 6.45) is 5.36. The molecule has 24 heavy (non-hydrogen) atoms. The second-order valence-electron chi connectivity index (χ2n) is 6.83. The van der Waals surface area contributed by atoms with Crippen molar-refractivity contribution in [3.05, 3.63) is 29.8 Å². The molecule has 1 atom stereocenters. The highest BCUT2D eigenvalue weighted by Gasteiger charge is 2.22. The standard InChI is InChI=1S/C19H27N3O2/c1-15-5-2-3-12-21(15)14-11-20-19(24)16-7-9-17(10-8-16)22-13-4-6-18(22)23/h7-10,15H,2-6,11-14H2,1H3,(H,20,24)/t15-/m1/s1. The summed E-state index contributed by atoms with van der Waals surface area (Å²) in [5, 5.41) is 3.00. The van der Waals surface area contributed by atoms with Crippen molar-refractivity contribution in [1.29, 1.82) is 0 Å². The fourth-order valence-corrected chi connectivity index (χ4v) is 3.62. The molecule has 0 spiro atoms. The van der Waals surface area contributed by atoms with Gasteiger partial charge in [0.25, 0.3) is 5.91 Å². The van der Waals surface area contributed by atoms with Crippen LogP contribution in [-0.2, 0) is 4.79 Å². The van der Waals surface area contributed by atoms with E-state index < -0.39 is 0 Å². The van der Waals surface area contributed by atoms with Crippen LogP contribution in [0.25, 0.3) is 0 Å². The van der Waals surface area contributed by atoms with Gasteiger partial charge in [-0.2, -0.15) is 0 Å². The average Bonchev–Trinajstić information content (AvgIpc) is 3.03. The van der Waals surface area contributed by atoms with Gasteiger partial charge in [-0.25, -0.2) is 0 Å². The first-order valence-electron chi connectivity index (χ1n) is 9.08. The van der Waals surface area contributed by atoms with E-state index in [-0.39, 0.29) is 11.8 Å². The largest absolute Gasteiger partial charge is 0.351 e. The summed E-state index contributed by atoms with van der Waals surface area (Å²) in [7, 11) is 0. The van der Waals surface area contributed by atoms with E-state index in [1.807, 2.05) is 12.1 Å². The number of amides is 2. The zero-order valence-corrected chi connectivity index (χ0v) is 14.5. The Morgan fingerprint density at radius 3 is 2.62 bits per heavy atom. The van der Waals surface area contributed by atoms with Crippen molar-refractivity contribution in [3.8, 4) is 0 Å². The van der Waals surface area contributed by atoms with E-state index in [9.17, 15) is 9.59 Å². The Morgan fingerprint density at radius 2 is 1.96 bits per heavy atom. The smallest absolute Gasteiger partial charge is 0.251 e. The lowest BCUT2D eigenvalue weighted by atomic mass is 10.0. The molecule has 2 fully saturated rings. The Balaban J connectivity index is 1.49. The molecule has 0 saturated carbocycles. The van der Waals surface area contributed by atoms with Crippen molar-refractivity contribution in [3.63, 3.8) is 0 Å². The van der Waals surface area contributed by atoms with Gasteiger partial charge in [0, 0.05) is 43.3 Å². The number of likely N-dealkylation sites (tertiary alicyclic amines) is 1. The molecule has 0 unspecified atom stereocenters. The van der Waals surface area contributed by atoms with E-state index in [1.165, 1.54) is 19.3 Å². The second-order valence-corrected chi connectivity index (χ2v) is 6.83. The molecule has 1 aromatic rings. The lowest BCUT2D eigenvalue weighted by Crippen LogP contribution is -2.42. The van der Waals surface area contributed by atoms with Crippen molar-refractivity contribution < 1.29 is 9.59 Å². The number of nitrogens with one attached hydrogen (secondary N) is 1. The number of carbonyl (C=O) groups excluding carboxylic acids is 2. The van der Waals surface area contributed by atoms with Crippen LogP contribution in [0.3, 0.4) is 0 Å². The lowest BCUT2D eigenvalue weighted by molar-refractivity contribution is -0.117. The summed E-state index contributed by atoms with van der Waals surface area (Å²) in [6, 6.07) is 7.96. The fraction of sp³-hybridized carbons (Fsp3) is 0.579. The molecule has 130 valence electrons. The van der Waals surface area contributed by atoms with Gasteiger partial charge >= 0.3 is 0 Å². The fourth-order valence-electron chi connectivity index (χ4n) is 3.62. The van der Waals surface area contributed by atoms with Crippen LogP contribution >= 0.6 is 0 Å². The monoisotopic (exact) mass is 329 g/mol. The van der Waals surface area contributed by atoms with Gasteiger partial charge in [-0.05, 0) is 57.0 Å². The van der Waals surface area contributed by atoms with Crippen LogP contribution < -0.4 is 10.2 Å². The van der Waals surface area contributed by atoms with E-state index in [4.69, 9.17) is 0 Å². The average molecular weight is 329 g/mol. The molecule has 0 aromatic heterocycles. The van der Waals surface area contributed by atoms with Gasteiger partial charge in [-0.15, -0.1) is 0 Å². The molecular formula is C19H27N3O2. The summed E-state index contributed by atoms with van der Waals surface area (Å²) >= 11 is 0. The Bertz CT molecular complexity index is 585. The minimum absolute atomic E-state index is 0.0426. The molecule has 5 heteroatoms. The van der Waals surface area contributed by atoms with E-state index in [0.29, 0.717) is 24.6 Å². The molecule has 2 saturated heterocycles. The van der Waals surface area contributed by atoms with Crippen molar-refractivity contribution in [2.45, 2.75) is 45.1 Å². The third kappa shape index (κ3) is 3.96. The quantitative estimate of drug-likeness (QED) is 0.902. The Hall–Kier alpha value is -1.88. The molecule has 0 bridgehead atoms. The number of anilines is 1. The number of benzene rings is 1. The first-order chi connectivity index (χ1) is 11.6. The highest BCUT2D eigenvalue weighted by molar-refractivity contribution is 5.97. The van der Waals surface area contributed by atoms with Gasteiger partial charge in [0.1, 0.15) is 0 Å². The molecule has 0 aliphatic carbocycles. The van der Waals surface area contributed by atoms with Crippen LogP contribution in [0, 0.1) is 0 Å². The third-order valence-electron chi connectivity index (χ3n) is 5.14. The predicted molar refractivity (Wildman–Crippen MR) is 95.2 cm³/mol. The molecule has 1 N–H and O–H groups in total. The van der Waals surface area contributed by atoms with Crippen LogP contribution in [0.15, 0.2) is 24.3 Å². The third-order valence-corrected chi connectivity index (χ3v) is 5.14. The van der Waals surface area contributed by atoms with Crippen molar-refractivity contribution >= 4 is 17.5 Å². The normalized spacial score (nSPS) is 22.0. The van der Waals surface area contributed by atoms with Crippen molar-refractivity contribution in [1.82, 2.24) is 10.2 Å². The summed E-state index contributed by atoms with van der Waals surface area (Å²) in [4.78, 5) is 28.2. The molecule has 2 heterocycles. The number of piperidine rings is 1. The zero-order chi connectivity index (χ0) is 16.9. The van der Waals surface area contributed by atoms with Gasteiger partial charge in [-0.1, -0.05) is 6.42 Å². The number of carbonyl (C=O) groups is 2. The lowest BCUT2D eigenvalue weighted by Gasteiger charge is -2.33. The highest BCUT2D eigenvalue weighted by Crippen LogP contribution is 2.21. The second kappa shape index (κ2) is 7.79. The van der Waals surface area contributed by atoms with Crippen molar-refractivity contribution in [2.24, 2.45) is 0 Å². The van der Waals surface area contributed by atoms with E-state index in [1.54, 1.807) is 17.0 Å². The highest BCUT2D eigenvalue weighted by atomic mass is 16.2. The number of nitrogens with zero attached hydrogens (tertiary/aromatic N) is 2. The van der Waals surface area contributed by atoms with Crippen molar-refractivity contribution in [2.75, 3.05) is 31.1 Å². The van der Waals surface area contributed by atoms with Gasteiger partial charge in [0.2, 0.25) is 5.91 Å².